The summed E-state index contributed by atoms with van der Waals surface area (Å²) in [5.74, 6) is -0.767. The van der Waals surface area contributed by atoms with Crippen LogP contribution in [0.2, 0.25) is 0 Å². The molecular weight excluding hydrogens is 322 g/mol. The number of carbonyl (C=O) groups excluding carboxylic acids is 1. The fourth-order valence-corrected chi connectivity index (χ4v) is 2.80. The molecule has 1 rings (SSSR count). The van der Waals surface area contributed by atoms with Gasteiger partial charge in [-0.2, -0.15) is 4.72 Å². The number of nitrogens with two attached hydrogens (primary N) is 2. The van der Waals surface area contributed by atoms with Gasteiger partial charge in [-0.3, -0.25) is 4.79 Å². The first kappa shape index (κ1) is 14.9. The molecule has 0 spiro atoms. The summed E-state index contributed by atoms with van der Waals surface area (Å²) in [6.45, 7) is 2.77. The Kier molecular flexibility index (Phi) is 4.04. The molecule has 0 fully saturated rings. The van der Waals surface area contributed by atoms with Crippen molar-refractivity contribution in [3.63, 3.8) is 0 Å². The van der Waals surface area contributed by atoms with Crippen LogP contribution in [0.4, 0.5) is 5.69 Å². The van der Waals surface area contributed by atoms with Crippen molar-refractivity contribution in [1.82, 2.24) is 4.72 Å². The first-order chi connectivity index (χ1) is 8.06. The number of hydrogen-bond acceptors (Lipinski definition) is 4. The lowest BCUT2D eigenvalue weighted by Gasteiger charge is -2.22. The Bertz CT molecular complexity index is 584. The van der Waals surface area contributed by atoms with E-state index in [1.807, 2.05) is 0 Å². The summed E-state index contributed by atoms with van der Waals surface area (Å²) in [5.41, 5.74) is 9.63. The number of primary amides is 1. The lowest BCUT2D eigenvalue weighted by Crippen LogP contribution is -2.52. The van der Waals surface area contributed by atoms with Gasteiger partial charge in [-0.25, -0.2) is 8.42 Å². The second kappa shape index (κ2) is 4.87. The Morgan fingerprint density at radius 3 is 2.39 bits per heavy atom. The quantitative estimate of drug-likeness (QED) is 0.697. The molecule has 100 valence electrons. The number of nitrogens with one attached hydrogen (secondary N) is 1. The number of hydrogen-bond donors (Lipinski definition) is 3. The Balaban J connectivity index is 3.15. The molecular formula is C10H14BrN3O3S. The van der Waals surface area contributed by atoms with E-state index in [0.29, 0.717) is 4.47 Å². The first-order valence-electron chi connectivity index (χ1n) is 4.95. The van der Waals surface area contributed by atoms with Gasteiger partial charge in [0.2, 0.25) is 15.9 Å². The SMILES string of the molecule is CC(C)(NS(=O)(=O)c1ccc(Br)c(N)c1)C(N)=O. The molecule has 0 unspecified atom stereocenters. The van der Waals surface area contributed by atoms with Gasteiger partial charge < -0.3 is 11.5 Å². The molecule has 0 saturated heterocycles. The minimum Gasteiger partial charge on any atom is -0.398 e. The molecule has 0 aromatic heterocycles. The van der Waals surface area contributed by atoms with Crippen LogP contribution in [-0.2, 0) is 14.8 Å². The van der Waals surface area contributed by atoms with Crippen LogP contribution in [0.5, 0.6) is 0 Å². The van der Waals surface area contributed by atoms with Crippen LogP contribution in [0.1, 0.15) is 13.8 Å². The van der Waals surface area contributed by atoms with Crippen molar-refractivity contribution >= 4 is 37.5 Å². The Labute approximate surface area is 114 Å². The van der Waals surface area contributed by atoms with Gasteiger partial charge in [-0.05, 0) is 48.0 Å². The van der Waals surface area contributed by atoms with E-state index >= 15 is 0 Å². The summed E-state index contributed by atoms with van der Waals surface area (Å²) in [4.78, 5) is 11.1. The van der Waals surface area contributed by atoms with Gasteiger partial charge in [0.15, 0.2) is 0 Å². The highest BCUT2D eigenvalue weighted by Gasteiger charge is 2.31. The van der Waals surface area contributed by atoms with E-state index in [1.165, 1.54) is 32.0 Å². The molecule has 0 bridgehead atoms. The average molecular weight is 336 g/mol. The van der Waals surface area contributed by atoms with Crippen LogP contribution in [0.3, 0.4) is 0 Å². The third kappa shape index (κ3) is 3.21. The molecule has 18 heavy (non-hydrogen) atoms. The van der Waals surface area contributed by atoms with Crippen molar-refractivity contribution in [2.24, 2.45) is 5.73 Å². The van der Waals surface area contributed by atoms with Gasteiger partial charge in [-0.1, -0.05) is 0 Å². The third-order valence-corrected chi connectivity index (χ3v) is 4.66. The number of halogens is 1. The van der Waals surface area contributed by atoms with E-state index in [0.717, 1.165) is 0 Å². The number of benzene rings is 1. The van der Waals surface area contributed by atoms with Gasteiger partial charge in [0.05, 0.1) is 4.90 Å². The molecule has 5 N–H and O–H groups in total. The van der Waals surface area contributed by atoms with Crippen molar-refractivity contribution in [2.75, 3.05) is 5.73 Å². The minimum absolute atomic E-state index is 0.0301. The summed E-state index contributed by atoms with van der Waals surface area (Å²) in [7, 11) is -3.85. The largest absolute Gasteiger partial charge is 0.398 e. The summed E-state index contributed by atoms with van der Waals surface area (Å²) >= 11 is 3.17. The molecule has 0 heterocycles. The monoisotopic (exact) mass is 335 g/mol. The van der Waals surface area contributed by atoms with Crippen molar-refractivity contribution in [3.05, 3.63) is 22.7 Å². The van der Waals surface area contributed by atoms with Crippen LogP contribution in [0.15, 0.2) is 27.6 Å². The molecule has 1 amide bonds. The Morgan fingerprint density at radius 2 is 1.94 bits per heavy atom. The maximum atomic E-state index is 12.0. The normalized spacial score (nSPS) is 12.4. The molecule has 0 radical (unpaired) electrons. The van der Waals surface area contributed by atoms with Gasteiger partial charge >= 0.3 is 0 Å². The molecule has 0 saturated carbocycles. The summed E-state index contributed by atoms with van der Waals surface area (Å²) in [5, 5.41) is 0. The maximum absolute atomic E-state index is 12.0. The number of carbonyl (C=O) groups is 1. The van der Waals surface area contributed by atoms with Crippen molar-refractivity contribution < 1.29 is 13.2 Å². The topological polar surface area (TPSA) is 115 Å². The number of nitrogen functional groups attached to an aromatic ring is 1. The fourth-order valence-electron chi connectivity index (χ4n) is 1.13. The standard InChI is InChI=1S/C10H14BrN3O3S/c1-10(2,9(13)15)14-18(16,17)6-3-4-7(11)8(12)5-6/h3-5,14H,12H2,1-2H3,(H2,13,15). The molecule has 8 heteroatoms. The number of anilines is 1. The van der Waals surface area contributed by atoms with Crippen molar-refractivity contribution in [1.29, 1.82) is 0 Å². The maximum Gasteiger partial charge on any atom is 0.241 e. The second-order valence-electron chi connectivity index (χ2n) is 4.28. The van der Waals surface area contributed by atoms with Crippen LogP contribution < -0.4 is 16.2 Å². The second-order valence-corrected chi connectivity index (χ2v) is 6.81. The highest BCUT2D eigenvalue weighted by atomic mass is 79.9. The molecule has 1 aromatic rings. The summed E-state index contributed by atoms with van der Waals surface area (Å²) < 4.78 is 26.9. The van der Waals surface area contributed by atoms with Crippen LogP contribution in [-0.4, -0.2) is 19.9 Å². The molecule has 0 aliphatic rings. The minimum atomic E-state index is -3.85. The number of sulfonamides is 1. The van der Waals surface area contributed by atoms with Gasteiger partial charge in [-0.15, -0.1) is 0 Å². The van der Waals surface area contributed by atoms with Gasteiger partial charge in [0.25, 0.3) is 0 Å². The first-order valence-corrected chi connectivity index (χ1v) is 7.23. The molecule has 0 atom stereocenters. The molecule has 1 aromatic carbocycles. The van der Waals surface area contributed by atoms with Gasteiger partial charge in [0.1, 0.15) is 5.54 Å². The highest BCUT2D eigenvalue weighted by molar-refractivity contribution is 9.10. The van der Waals surface area contributed by atoms with E-state index in [2.05, 4.69) is 20.7 Å². The third-order valence-electron chi connectivity index (χ3n) is 2.28. The zero-order valence-corrected chi connectivity index (χ0v) is 12.3. The smallest absolute Gasteiger partial charge is 0.241 e. The lowest BCUT2D eigenvalue weighted by atomic mass is 10.1. The van der Waals surface area contributed by atoms with E-state index in [1.54, 1.807) is 0 Å². The number of amides is 1. The highest BCUT2D eigenvalue weighted by Crippen LogP contribution is 2.23. The zero-order valence-electron chi connectivity index (χ0n) is 9.90. The van der Waals surface area contributed by atoms with Crippen LogP contribution in [0.25, 0.3) is 0 Å². The van der Waals surface area contributed by atoms with Crippen molar-refractivity contribution in [2.45, 2.75) is 24.3 Å². The molecule has 6 nitrogen and oxygen atoms in total. The average Bonchev–Trinajstić information content (AvgIpc) is 2.20. The van der Waals surface area contributed by atoms with Crippen molar-refractivity contribution in [3.8, 4) is 0 Å². The Hall–Kier alpha value is -1.12. The summed E-state index contributed by atoms with van der Waals surface area (Å²) in [6.07, 6.45) is 0. The van der Waals surface area contributed by atoms with Crippen LogP contribution >= 0.6 is 15.9 Å². The summed E-state index contributed by atoms with van der Waals surface area (Å²) in [6, 6.07) is 4.19. The zero-order chi connectivity index (χ0) is 14.1. The van der Waals surface area contributed by atoms with E-state index in [9.17, 15) is 13.2 Å². The predicted octanol–water partition coefficient (Wildman–Crippen LogP) is 0.574. The fraction of sp³-hybridized carbons (Fsp3) is 0.300. The molecule has 0 aliphatic heterocycles. The number of rotatable bonds is 4. The predicted molar refractivity (Wildman–Crippen MR) is 72.1 cm³/mol. The molecule has 0 aliphatic carbocycles. The van der Waals surface area contributed by atoms with E-state index < -0.39 is 21.5 Å². The van der Waals surface area contributed by atoms with Crippen LogP contribution in [0, 0.1) is 0 Å². The van der Waals surface area contributed by atoms with Gasteiger partial charge in [0, 0.05) is 10.2 Å². The Morgan fingerprint density at radius 1 is 1.39 bits per heavy atom. The van der Waals surface area contributed by atoms with E-state index in [-0.39, 0.29) is 10.6 Å². The van der Waals surface area contributed by atoms with E-state index in [4.69, 9.17) is 11.5 Å². The lowest BCUT2D eigenvalue weighted by molar-refractivity contribution is -0.122.